The van der Waals surface area contributed by atoms with Gasteiger partial charge in [-0.05, 0) is 18.6 Å². The largest absolute Gasteiger partial charge is 0.333 e. The minimum atomic E-state index is -3.54. The van der Waals surface area contributed by atoms with Gasteiger partial charge in [-0.3, -0.25) is 0 Å². The first-order valence-electron chi connectivity index (χ1n) is 6.38. The minimum Gasteiger partial charge on any atom is -0.333 e. The van der Waals surface area contributed by atoms with Crippen LogP contribution in [0.2, 0.25) is 5.02 Å². The van der Waals surface area contributed by atoms with Gasteiger partial charge in [0.15, 0.2) is 0 Å². The van der Waals surface area contributed by atoms with Gasteiger partial charge in [-0.2, -0.15) is 0 Å². The van der Waals surface area contributed by atoms with E-state index in [1.807, 2.05) is 6.92 Å². The normalized spacial score (nSPS) is 12.1. The Morgan fingerprint density at radius 1 is 1.33 bits per heavy atom. The summed E-state index contributed by atoms with van der Waals surface area (Å²) >= 11 is 5.89. The predicted molar refractivity (Wildman–Crippen MR) is 79.1 cm³/mol. The summed E-state index contributed by atoms with van der Waals surface area (Å²) in [6.45, 7) is 1.93. The van der Waals surface area contributed by atoms with E-state index in [0.717, 1.165) is 5.69 Å². The fraction of sp³-hybridized carbons (Fsp3) is 0.231. The summed E-state index contributed by atoms with van der Waals surface area (Å²) < 4.78 is 26.3. The number of H-pyrrole nitrogens is 1. The third-order valence-electron chi connectivity index (χ3n) is 3.08. The summed E-state index contributed by atoms with van der Waals surface area (Å²) in [7, 11) is -3.54. The maximum absolute atomic E-state index is 12.3. The molecule has 0 spiro atoms. The number of aromatic nitrogens is 4. The summed E-state index contributed by atoms with van der Waals surface area (Å²) in [4.78, 5) is 11.0. The molecule has 3 heterocycles. The number of sulfone groups is 1. The fourth-order valence-corrected chi connectivity index (χ4v) is 3.36. The van der Waals surface area contributed by atoms with Crippen molar-refractivity contribution in [2.75, 3.05) is 0 Å². The third kappa shape index (κ3) is 2.79. The number of imidazole rings is 2. The van der Waals surface area contributed by atoms with E-state index in [4.69, 9.17) is 11.6 Å². The Balaban J connectivity index is 1.93. The van der Waals surface area contributed by atoms with Gasteiger partial charge < -0.3 is 9.38 Å². The zero-order valence-corrected chi connectivity index (χ0v) is 12.8. The molecule has 110 valence electrons. The van der Waals surface area contributed by atoms with Gasteiger partial charge in [0.2, 0.25) is 15.0 Å². The molecule has 0 aliphatic heterocycles. The Bertz CT molecular complexity index is 898. The lowest BCUT2D eigenvalue weighted by Crippen LogP contribution is -2.07. The highest BCUT2D eigenvalue weighted by Gasteiger charge is 2.20. The molecule has 8 heteroatoms. The molecule has 0 aliphatic carbocycles. The van der Waals surface area contributed by atoms with Crippen LogP contribution < -0.4 is 0 Å². The van der Waals surface area contributed by atoms with Gasteiger partial charge in [-0.1, -0.05) is 18.5 Å². The van der Waals surface area contributed by atoms with Crippen molar-refractivity contribution in [2.24, 2.45) is 0 Å². The van der Waals surface area contributed by atoms with Crippen LogP contribution in [0.3, 0.4) is 0 Å². The van der Waals surface area contributed by atoms with E-state index < -0.39 is 9.84 Å². The summed E-state index contributed by atoms with van der Waals surface area (Å²) in [6, 6.07) is 3.45. The highest BCUT2D eigenvalue weighted by molar-refractivity contribution is 7.90. The van der Waals surface area contributed by atoms with Crippen molar-refractivity contribution in [3.8, 4) is 0 Å². The topological polar surface area (TPSA) is 80.1 Å². The van der Waals surface area contributed by atoms with Crippen LogP contribution in [-0.4, -0.2) is 27.8 Å². The molecule has 0 saturated heterocycles. The number of aromatic amines is 1. The molecular formula is C13H13ClN4O2S. The maximum Gasteiger partial charge on any atom is 0.225 e. The summed E-state index contributed by atoms with van der Waals surface area (Å²) in [5.41, 5.74) is 1.89. The zero-order valence-electron chi connectivity index (χ0n) is 11.2. The van der Waals surface area contributed by atoms with Crippen LogP contribution in [0.1, 0.15) is 18.3 Å². The second-order valence-corrected chi connectivity index (χ2v) is 7.01. The molecule has 0 unspecified atom stereocenters. The van der Waals surface area contributed by atoms with Crippen molar-refractivity contribution in [1.29, 1.82) is 0 Å². The SMILES string of the molecule is CCc1cnc(S(=O)(=O)Cc2cn3cc(Cl)ccc3n2)[nH]1. The van der Waals surface area contributed by atoms with Crippen LogP contribution in [0.25, 0.3) is 5.65 Å². The average Bonchev–Trinajstić information content (AvgIpc) is 3.03. The minimum absolute atomic E-state index is 0.0190. The lowest BCUT2D eigenvalue weighted by molar-refractivity contribution is 0.587. The molecule has 0 aromatic carbocycles. The summed E-state index contributed by atoms with van der Waals surface area (Å²) in [5, 5.41) is 0.544. The molecule has 0 atom stereocenters. The molecule has 0 bridgehead atoms. The van der Waals surface area contributed by atoms with Crippen molar-refractivity contribution < 1.29 is 8.42 Å². The molecule has 0 amide bonds. The number of nitrogens with one attached hydrogen (secondary N) is 1. The van der Waals surface area contributed by atoms with Crippen molar-refractivity contribution in [3.63, 3.8) is 0 Å². The molecular weight excluding hydrogens is 312 g/mol. The summed E-state index contributed by atoms with van der Waals surface area (Å²) in [6.07, 6.45) is 5.58. The Morgan fingerprint density at radius 3 is 2.86 bits per heavy atom. The number of fused-ring (bicyclic) bond motifs is 1. The predicted octanol–water partition coefficient (Wildman–Crippen LogP) is 2.25. The molecule has 3 rings (SSSR count). The maximum atomic E-state index is 12.3. The highest BCUT2D eigenvalue weighted by Crippen LogP contribution is 2.16. The van der Waals surface area contributed by atoms with Crippen molar-refractivity contribution in [3.05, 3.63) is 47.1 Å². The molecule has 3 aromatic heterocycles. The zero-order chi connectivity index (χ0) is 15.0. The van der Waals surface area contributed by atoms with Crippen LogP contribution in [0, 0.1) is 0 Å². The van der Waals surface area contributed by atoms with Crippen LogP contribution in [-0.2, 0) is 22.0 Å². The monoisotopic (exact) mass is 324 g/mol. The van der Waals surface area contributed by atoms with Crippen LogP contribution in [0.15, 0.2) is 35.9 Å². The standard InChI is InChI=1S/C13H13ClN4O2S/c1-2-10-5-15-13(17-10)21(19,20)8-11-7-18-6-9(14)3-4-12(18)16-11/h3-7H,2,8H2,1H3,(H,15,17). The van der Waals surface area contributed by atoms with Crippen molar-refractivity contribution >= 4 is 27.1 Å². The smallest absolute Gasteiger partial charge is 0.225 e. The number of hydrogen-bond acceptors (Lipinski definition) is 4. The van der Waals surface area contributed by atoms with Gasteiger partial charge >= 0.3 is 0 Å². The number of pyridine rings is 1. The molecule has 21 heavy (non-hydrogen) atoms. The first-order chi connectivity index (χ1) is 9.98. The Labute approximate surface area is 126 Å². The first-order valence-corrected chi connectivity index (χ1v) is 8.41. The lowest BCUT2D eigenvalue weighted by Gasteiger charge is -1.97. The van der Waals surface area contributed by atoms with E-state index in [2.05, 4.69) is 15.0 Å². The van der Waals surface area contributed by atoms with E-state index in [1.54, 1.807) is 28.9 Å². The molecule has 0 aliphatic rings. The number of rotatable bonds is 4. The van der Waals surface area contributed by atoms with Gasteiger partial charge in [0.05, 0.1) is 10.7 Å². The molecule has 0 saturated carbocycles. The highest BCUT2D eigenvalue weighted by atomic mass is 35.5. The fourth-order valence-electron chi connectivity index (χ4n) is 2.03. The molecule has 6 nitrogen and oxygen atoms in total. The summed E-state index contributed by atoms with van der Waals surface area (Å²) in [5.74, 6) is -0.205. The quantitative estimate of drug-likeness (QED) is 0.798. The van der Waals surface area contributed by atoms with Gasteiger partial charge in [-0.15, -0.1) is 0 Å². The molecule has 1 N–H and O–H groups in total. The average molecular weight is 325 g/mol. The Hall–Kier alpha value is -1.86. The van der Waals surface area contributed by atoms with E-state index in [1.165, 1.54) is 6.20 Å². The lowest BCUT2D eigenvalue weighted by atomic mass is 10.4. The number of nitrogens with zero attached hydrogens (tertiary/aromatic N) is 3. The van der Waals surface area contributed by atoms with Gasteiger partial charge in [-0.25, -0.2) is 18.4 Å². The van der Waals surface area contributed by atoms with Gasteiger partial charge in [0.1, 0.15) is 11.4 Å². The molecule has 0 fully saturated rings. The van der Waals surface area contributed by atoms with E-state index in [9.17, 15) is 8.42 Å². The van der Waals surface area contributed by atoms with Gasteiger partial charge in [0, 0.05) is 24.3 Å². The second-order valence-electron chi connectivity index (χ2n) is 4.67. The van der Waals surface area contributed by atoms with Gasteiger partial charge in [0.25, 0.3) is 0 Å². The van der Waals surface area contributed by atoms with Crippen LogP contribution in [0.4, 0.5) is 0 Å². The van der Waals surface area contributed by atoms with Crippen molar-refractivity contribution in [2.45, 2.75) is 24.3 Å². The molecule has 0 radical (unpaired) electrons. The number of aryl methyl sites for hydroxylation is 1. The Morgan fingerprint density at radius 2 is 2.14 bits per heavy atom. The van der Waals surface area contributed by atoms with Crippen LogP contribution in [0.5, 0.6) is 0 Å². The number of halogens is 1. The van der Waals surface area contributed by atoms with Crippen molar-refractivity contribution in [1.82, 2.24) is 19.4 Å². The van der Waals surface area contributed by atoms with E-state index in [0.29, 0.717) is 22.8 Å². The molecule has 3 aromatic rings. The number of hydrogen-bond donors (Lipinski definition) is 1. The van der Waals surface area contributed by atoms with Crippen LogP contribution >= 0.6 is 11.6 Å². The van der Waals surface area contributed by atoms with E-state index in [-0.39, 0.29) is 10.9 Å². The second kappa shape index (κ2) is 5.16. The van der Waals surface area contributed by atoms with E-state index >= 15 is 0 Å². The first kappa shape index (κ1) is 14.1. The third-order valence-corrected chi connectivity index (χ3v) is 4.78. The Kier molecular flexibility index (Phi) is 3.46.